The molecule has 10 heavy (non-hydrogen) atoms. The van der Waals surface area contributed by atoms with Gasteiger partial charge in [-0.3, -0.25) is 0 Å². The zero-order valence-corrected chi connectivity index (χ0v) is 5.94. The molecular formula is C8H8FO. The van der Waals surface area contributed by atoms with Crippen LogP contribution >= 0.6 is 0 Å². The van der Waals surface area contributed by atoms with Crippen LogP contribution in [0.25, 0.3) is 0 Å². The van der Waals surface area contributed by atoms with Crippen LogP contribution in [0.4, 0.5) is 4.39 Å². The number of rotatable bonds is 1. The number of aryl methyl sites for hydroxylation is 1. The molecule has 1 aromatic rings. The molecule has 53 valence electrons. The van der Waals surface area contributed by atoms with E-state index in [2.05, 4.69) is 6.07 Å². The highest BCUT2D eigenvalue weighted by molar-refractivity contribution is 5.28. The minimum atomic E-state index is -0.329. The van der Waals surface area contributed by atoms with Crippen LogP contribution < -0.4 is 4.74 Å². The molecule has 0 fully saturated rings. The maximum Gasteiger partial charge on any atom is 0.168 e. The van der Waals surface area contributed by atoms with Crippen molar-refractivity contribution in [3.8, 4) is 5.75 Å². The van der Waals surface area contributed by atoms with Crippen molar-refractivity contribution >= 4 is 0 Å². The zero-order chi connectivity index (χ0) is 7.56. The molecule has 0 saturated carbocycles. The van der Waals surface area contributed by atoms with E-state index >= 15 is 0 Å². The molecule has 1 nitrogen and oxygen atoms in total. The van der Waals surface area contributed by atoms with E-state index in [1.165, 1.54) is 7.11 Å². The van der Waals surface area contributed by atoms with E-state index < -0.39 is 0 Å². The maximum absolute atomic E-state index is 12.8. The van der Waals surface area contributed by atoms with Crippen LogP contribution in [0.3, 0.4) is 0 Å². The Hall–Kier alpha value is -1.05. The lowest BCUT2D eigenvalue weighted by Crippen LogP contribution is -1.89. The Morgan fingerprint density at radius 2 is 2.30 bits per heavy atom. The Labute approximate surface area is 59.4 Å². The van der Waals surface area contributed by atoms with Gasteiger partial charge in [-0.05, 0) is 12.5 Å². The predicted molar refractivity (Wildman–Crippen MR) is 36.5 cm³/mol. The molecule has 0 aromatic heterocycles. The summed E-state index contributed by atoms with van der Waals surface area (Å²) in [5.74, 6) is -0.148. The quantitative estimate of drug-likeness (QED) is 0.577. The second kappa shape index (κ2) is 2.69. The summed E-state index contributed by atoms with van der Waals surface area (Å²) in [6, 6.07) is 5.92. The van der Waals surface area contributed by atoms with Crippen molar-refractivity contribution in [2.75, 3.05) is 7.11 Å². The first kappa shape index (κ1) is 7.06. The van der Waals surface area contributed by atoms with E-state index in [0.717, 1.165) is 0 Å². The summed E-state index contributed by atoms with van der Waals surface area (Å²) in [5, 5.41) is 0. The molecule has 0 spiro atoms. The Balaban J connectivity index is 3.14. The molecule has 0 N–H and O–H groups in total. The van der Waals surface area contributed by atoms with E-state index in [9.17, 15) is 4.39 Å². The molecule has 0 bridgehead atoms. The van der Waals surface area contributed by atoms with Crippen molar-refractivity contribution in [2.24, 2.45) is 0 Å². The molecule has 1 aromatic carbocycles. The Kier molecular flexibility index (Phi) is 1.90. The van der Waals surface area contributed by atoms with Crippen molar-refractivity contribution in [2.45, 2.75) is 6.92 Å². The molecule has 2 heteroatoms. The predicted octanol–water partition coefficient (Wildman–Crippen LogP) is 1.94. The third kappa shape index (κ3) is 1.10. The highest BCUT2D eigenvalue weighted by atomic mass is 19.1. The summed E-state index contributed by atoms with van der Waals surface area (Å²) < 4.78 is 17.5. The van der Waals surface area contributed by atoms with Crippen LogP contribution in [0.5, 0.6) is 5.75 Å². The van der Waals surface area contributed by atoms with Gasteiger partial charge >= 0.3 is 0 Å². The van der Waals surface area contributed by atoms with Crippen molar-refractivity contribution in [1.29, 1.82) is 0 Å². The first-order valence-corrected chi connectivity index (χ1v) is 2.96. The monoisotopic (exact) mass is 139 g/mol. The first-order chi connectivity index (χ1) is 4.75. The largest absolute Gasteiger partial charge is 0.493 e. The van der Waals surface area contributed by atoms with Gasteiger partial charge in [-0.1, -0.05) is 12.1 Å². The third-order valence-corrected chi connectivity index (χ3v) is 1.30. The topological polar surface area (TPSA) is 9.23 Å². The van der Waals surface area contributed by atoms with E-state index in [-0.39, 0.29) is 11.6 Å². The van der Waals surface area contributed by atoms with Crippen molar-refractivity contribution in [1.82, 2.24) is 0 Å². The van der Waals surface area contributed by atoms with Crippen LogP contribution in [-0.2, 0) is 0 Å². The summed E-state index contributed by atoms with van der Waals surface area (Å²) in [6.45, 7) is 1.69. The summed E-state index contributed by atoms with van der Waals surface area (Å²) >= 11 is 0. The molecule has 0 atom stereocenters. The second-order valence-corrected chi connectivity index (χ2v) is 2.01. The average molecular weight is 139 g/mol. The fourth-order valence-corrected chi connectivity index (χ4v) is 0.706. The molecule has 1 rings (SSSR count). The van der Waals surface area contributed by atoms with Gasteiger partial charge in [0.05, 0.1) is 7.11 Å². The average Bonchev–Trinajstić information content (AvgIpc) is 1.95. The van der Waals surface area contributed by atoms with Gasteiger partial charge in [0.25, 0.3) is 0 Å². The van der Waals surface area contributed by atoms with Gasteiger partial charge in [-0.2, -0.15) is 0 Å². The Bertz CT molecular complexity index is 233. The number of halogens is 1. The summed E-state index contributed by atoms with van der Waals surface area (Å²) in [5.41, 5.74) is 0.579. The van der Waals surface area contributed by atoms with E-state index in [4.69, 9.17) is 4.74 Å². The van der Waals surface area contributed by atoms with Crippen LogP contribution in [0.2, 0.25) is 0 Å². The lowest BCUT2D eigenvalue weighted by molar-refractivity contribution is 0.384. The molecule has 0 saturated heterocycles. The number of hydrogen-bond acceptors (Lipinski definition) is 1. The van der Waals surface area contributed by atoms with E-state index in [1.807, 2.05) is 0 Å². The maximum atomic E-state index is 12.8. The van der Waals surface area contributed by atoms with Gasteiger partial charge < -0.3 is 4.74 Å². The summed E-state index contributed by atoms with van der Waals surface area (Å²) in [7, 11) is 1.42. The SMILES string of the molecule is COc1[c]ccc(C)c1F. The number of hydrogen-bond donors (Lipinski definition) is 0. The minimum Gasteiger partial charge on any atom is -0.493 e. The van der Waals surface area contributed by atoms with Crippen LogP contribution in [-0.4, -0.2) is 7.11 Å². The zero-order valence-electron chi connectivity index (χ0n) is 5.94. The van der Waals surface area contributed by atoms with Gasteiger partial charge in [0, 0.05) is 6.07 Å². The van der Waals surface area contributed by atoms with Gasteiger partial charge in [-0.25, -0.2) is 4.39 Å². The summed E-state index contributed by atoms with van der Waals surface area (Å²) in [4.78, 5) is 0. The molecule has 0 unspecified atom stereocenters. The third-order valence-electron chi connectivity index (χ3n) is 1.30. The fraction of sp³-hybridized carbons (Fsp3) is 0.250. The van der Waals surface area contributed by atoms with Crippen LogP contribution in [0.15, 0.2) is 12.1 Å². The first-order valence-electron chi connectivity index (χ1n) is 2.96. The van der Waals surface area contributed by atoms with Gasteiger partial charge in [-0.15, -0.1) is 0 Å². The smallest absolute Gasteiger partial charge is 0.168 e. The number of methoxy groups -OCH3 is 1. The normalized spacial score (nSPS) is 9.50. The van der Waals surface area contributed by atoms with E-state index in [1.54, 1.807) is 19.1 Å². The molecule has 1 radical (unpaired) electrons. The molecule has 0 aliphatic carbocycles. The standard InChI is InChI=1S/C8H8FO/c1-6-4-3-5-7(10-2)8(6)9/h3-4H,1-2H3. The molecule has 0 aliphatic rings. The van der Waals surface area contributed by atoms with Crippen molar-refractivity contribution in [3.63, 3.8) is 0 Å². The van der Waals surface area contributed by atoms with Gasteiger partial charge in [0.1, 0.15) is 0 Å². The molecular weight excluding hydrogens is 131 g/mol. The van der Waals surface area contributed by atoms with E-state index in [0.29, 0.717) is 5.56 Å². The highest BCUT2D eigenvalue weighted by Gasteiger charge is 2.02. The Morgan fingerprint density at radius 3 is 2.80 bits per heavy atom. The second-order valence-electron chi connectivity index (χ2n) is 2.01. The van der Waals surface area contributed by atoms with Crippen LogP contribution in [0, 0.1) is 18.8 Å². The molecule has 0 heterocycles. The number of ether oxygens (including phenoxy) is 1. The van der Waals surface area contributed by atoms with Crippen molar-refractivity contribution in [3.05, 3.63) is 29.6 Å². The Morgan fingerprint density at radius 1 is 1.60 bits per heavy atom. The minimum absolute atomic E-state index is 0.181. The summed E-state index contributed by atoms with van der Waals surface area (Å²) in [6.07, 6.45) is 0. The highest BCUT2D eigenvalue weighted by Crippen LogP contribution is 2.17. The lowest BCUT2D eigenvalue weighted by Gasteiger charge is -2.01. The molecule has 0 aliphatic heterocycles. The molecule has 0 amide bonds. The van der Waals surface area contributed by atoms with Gasteiger partial charge in [0.15, 0.2) is 11.6 Å². The van der Waals surface area contributed by atoms with Gasteiger partial charge in [0.2, 0.25) is 0 Å². The fourth-order valence-electron chi connectivity index (χ4n) is 0.706. The lowest BCUT2D eigenvalue weighted by atomic mass is 10.2. The van der Waals surface area contributed by atoms with Crippen molar-refractivity contribution < 1.29 is 9.13 Å². The number of benzene rings is 1. The van der Waals surface area contributed by atoms with Crippen LogP contribution in [0.1, 0.15) is 5.56 Å².